The maximum absolute atomic E-state index is 10.4. The molecule has 5 nitrogen and oxygen atoms in total. The third-order valence-corrected chi connectivity index (χ3v) is 2.09. The molecule has 0 radical (unpaired) electrons. The van der Waals surface area contributed by atoms with Crippen LogP contribution in [0.25, 0.3) is 11.5 Å². The lowest BCUT2D eigenvalue weighted by Gasteiger charge is -1.97. The highest BCUT2D eigenvalue weighted by Crippen LogP contribution is 2.22. The van der Waals surface area contributed by atoms with Crippen molar-refractivity contribution in [2.45, 2.75) is 12.8 Å². The van der Waals surface area contributed by atoms with Crippen LogP contribution < -0.4 is 0 Å². The van der Waals surface area contributed by atoms with Crippen LogP contribution in [0.1, 0.15) is 12.0 Å². The lowest BCUT2D eigenvalue weighted by atomic mass is 10.1. The minimum atomic E-state index is -0.818. The number of hydrogen-bond donors (Lipinski definition) is 2. The highest BCUT2D eigenvalue weighted by atomic mass is 16.4. The Morgan fingerprint density at radius 1 is 1.60 bits per heavy atom. The highest BCUT2D eigenvalue weighted by molar-refractivity contribution is 5.68. The molecule has 2 N–H and O–H groups in total. The Labute approximate surface area is 85.7 Å². The number of carbonyl (C=O) groups is 1. The van der Waals surface area contributed by atoms with Crippen LogP contribution in [-0.2, 0) is 11.2 Å². The van der Waals surface area contributed by atoms with Crippen molar-refractivity contribution < 1.29 is 14.3 Å². The van der Waals surface area contributed by atoms with Crippen LogP contribution in [0.5, 0.6) is 0 Å². The summed E-state index contributed by atoms with van der Waals surface area (Å²) in [4.78, 5) is 10.4. The van der Waals surface area contributed by atoms with Crippen molar-refractivity contribution in [2.24, 2.45) is 0 Å². The van der Waals surface area contributed by atoms with Crippen molar-refractivity contribution in [3.05, 3.63) is 30.2 Å². The van der Waals surface area contributed by atoms with E-state index in [1.54, 1.807) is 24.6 Å². The zero-order valence-corrected chi connectivity index (χ0v) is 7.93. The first-order valence-corrected chi connectivity index (χ1v) is 4.55. The molecule has 0 aromatic carbocycles. The molecule has 0 unspecified atom stereocenters. The molecule has 78 valence electrons. The molecule has 0 aliphatic rings. The van der Waals surface area contributed by atoms with Crippen LogP contribution in [0.4, 0.5) is 0 Å². The summed E-state index contributed by atoms with van der Waals surface area (Å²) in [7, 11) is 0. The van der Waals surface area contributed by atoms with Gasteiger partial charge in [-0.3, -0.25) is 9.89 Å². The number of carboxylic acids is 1. The highest BCUT2D eigenvalue weighted by Gasteiger charge is 2.10. The number of nitrogens with one attached hydrogen (secondary N) is 1. The van der Waals surface area contributed by atoms with Gasteiger partial charge in [0.15, 0.2) is 5.76 Å². The van der Waals surface area contributed by atoms with E-state index in [1.807, 2.05) is 0 Å². The minimum Gasteiger partial charge on any atom is -0.481 e. The Hall–Kier alpha value is -2.04. The lowest BCUT2D eigenvalue weighted by Crippen LogP contribution is -1.97. The molecular formula is C10H10N2O3. The van der Waals surface area contributed by atoms with Gasteiger partial charge >= 0.3 is 5.97 Å². The number of aromatic amines is 1. The molecule has 0 fully saturated rings. The Kier molecular flexibility index (Phi) is 2.53. The van der Waals surface area contributed by atoms with Gasteiger partial charge < -0.3 is 9.52 Å². The number of nitrogens with zero attached hydrogens (tertiary/aromatic N) is 1. The zero-order chi connectivity index (χ0) is 10.7. The Morgan fingerprint density at radius 3 is 3.13 bits per heavy atom. The van der Waals surface area contributed by atoms with Gasteiger partial charge in [0.05, 0.1) is 12.5 Å². The second-order valence-electron chi connectivity index (χ2n) is 3.14. The number of aromatic nitrogens is 2. The third kappa shape index (κ3) is 2.07. The molecule has 0 saturated heterocycles. The van der Waals surface area contributed by atoms with Gasteiger partial charge in [0.2, 0.25) is 0 Å². The second-order valence-corrected chi connectivity index (χ2v) is 3.14. The van der Waals surface area contributed by atoms with Crippen LogP contribution in [0.15, 0.2) is 29.0 Å². The fourth-order valence-corrected chi connectivity index (χ4v) is 1.38. The summed E-state index contributed by atoms with van der Waals surface area (Å²) in [5.74, 6) is -0.144. The smallest absolute Gasteiger partial charge is 0.303 e. The van der Waals surface area contributed by atoms with Gasteiger partial charge in [-0.2, -0.15) is 5.10 Å². The molecule has 0 aliphatic heterocycles. The normalized spacial score (nSPS) is 10.4. The molecule has 2 heterocycles. The van der Waals surface area contributed by atoms with E-state index in [9.17, 15) is 4.79 Å². The summed E-state index contributed by atoms with van der Waals surface area (Å²) >= 11 is 0. The predicted octanol–water partition coefficient (Wildman–Crippen LogP) is 1.69. The second kappa shape index (κ2) is 4.00. The van der Waals surface area contributed by atoms with Crippen LogP contribution >= 0.6 is 0 Å². The molecule has 2 aromatic rings. The van der Waals surface area contributed by atoms with Gasteiger partial charge in [0, 0.05) is 12.0 Å². The number of H-pyrrole nitrogens is 1. The van der Waals surface area contributed by atoms with E-state index >= 15 is 0 Å². The quantitative estimate of drug-likeness (QED) is 0.797. The number of rotatable bonds is 4. The average Bonchev–Trinajstić information content (AvgIpc) is 2.85. The molecule has 15 heavy (non-hydrogen) atoms. The van der Waals surface area contributed by atoms with Crippen molar-refractivity contribution in [1.82, 2.24) is 10.2 Å². The van der Waals surface area contributed by atoms with Crippen LogP contribution in [0.2, 0.25) is 0 Å². The zero-order valence-electron chi connectivity index (χ0n) is 7.93. The van der Waals surface area contributed by atoms with E-state index in [1.165, 1.54) is 0 Å². The first-order valence-electron chi connectivity index (χ1n) is 4.55. The van der Waals surface area contributed by atoms with Gasteiger partial charge in [-0.05, 0) is 18.6 Å². The van der Waals surface area contributed by atoms with Gasteiger partial charge in [-0.15, -0.1) is 0 Å². The van der Waals surface area contributed by atoms with Crippen LogP contribution in [0, 0.1) is 0 Å². The van der Waals surface area contributed by atoms with Gasteiger partial charge in [0.25, 0.3) is 0 Å². The molecule has 5 heteroatoms. The standard InChI is InChI=1S/C10H10N2O3/c13-9(14)4-3-7-6-11-12-10(7)8-2-1-5-15-8/h1-2,5-6H,3-4H2,(H,11,12)(H,13,14). The summed E-state index contributed by atoms with van der Waals surface area (Å²) in [6.45, 7) is 0. The van der Waals surface area contributed by atoms with Crippen molar-refractivity contribution in [3.8, 4) is 11.5 Å². The molecule has 0 bridgehead atoms. The maximum Gasteiger partial charge on any atom is 0.303 e. The number of aliphatic carboxylic acids is 1. The van der Waals surface area contributed by atoms with E-state index in [0.29, 0.717) is 12.2 Å². The molecule has 0 amide bonds. The van der Waals surface area contributed by atoms with Crippen molar-refractivity contribution in [2.75, 3.05) is 0 Å². The van der Waals surface area contributed by atoms with Gasteiger partial charge in [-0.25, -0.2) is 0 Å². The van der Waals surface area contributed by atoms with Crippen LogP contribution in [0.3, 0.4) is 0 Å². The first-order chi connectivity index (χ1) is 7.27. The summed E-state index contributed by atoms with van der Waals surface area (Å²) in [5.41, 5.74) is 1.61. The van der Waals surface area contributed by atoms with Gasteiger partial charge in [-0.1, -0.05) is 0 Å². The summed E-state index contributed by atoms with van der Waals surface area (Å²) in [6.07, 6.45) is 3.73. The summed E-state index contributed by atoms with van der Waals surface area (Å²) < 4.78 is 5.21. The topological polar surface area (TPSA) is 79.1 Å². The number of furan rings is 1. The summed E-state index contributed by atoms with van der Waals surface area (Å²) in [5, 5.41) is 15.3. The fraction of sp³-hybridized carbons (Fsp3) is 0.200. The molecule has 2 rings (SSSR count). The molecule has 0 aliphatic carbocycles. The van der Waals surface area contributed by atoms with Crippen LogP contribution in [-0.4, -0.2) is 21.3 Å². The SMILES string of the molecule is O=C(O)CCc1cn[nH]c1-c1ccco1. The van der Waals surface area contributed by atoms with E-state index < -0.39 is 5.97 Å². The minimum absolute atomic E-state index is 0.0905. The van der Waals surface area contributed by atoms with Crippen molar-refractivity contribution >= 4 is 5.97 Å². The van der Waals surface area contributed by atoms with E-state index in [4.69, 9.17) is 9.52 Å². The monoisotopic (exact) mass is 206 g/mol. The van der Waals surface area contributed by atoms with E-state index in [-0.39, 0.29) is 6.42 Å². The van der Waals surface area contributed by atoms with E-state index in [2.05, 4.69) is 10.2 Å². The average molecular weight is 206 g/mol. The number of carboxylic acid groups (broad SMARTS) is 1. The number of hydrogen-bond acceptors (Lipinski definition) is 3. The van der Waals surface area contributed by atoms with Gasteiger partial charge in [0.1, 0.15) is 5.69 Å². The summed E-state index contributed by atoms with van der Waals surface area (Å²) in [6, 6.07) is 3.58. The van der Waals surface area contributed by atoms with Crippen molar-refractivity contribution in [3.63, 3.8) is 0 Å². The third-order valence-electron chi connectivity index (χ3n) is 2.09. The molecule has 2 aromatic heterocycles. The largest absolute Gasteiger partial charge is 0.481 e. The predicted molar refractivity (Wildman–Crippen MR) is 52.2 cm³/mol. The number of aryl methyl sites for hydroxylation is 1. The molecule has 0 spiro atoms. The Bertz CT molecular complexity index is 445. The molecule has 0 saturated carbocycles. The van der Waals surface area contributed by atoms with E-state index in [0.717, 1.165) is 11.3 Å². The fourth-order valence-electron chi connectivity index (χ4n) is 1.38. The molecule has 0 atom stereocenters. The maximum atomic E-state index is 10.4. The van der Waals surface area contributed by atoms with Crippen molar-refractivity contribution in [1.29, 1.82) is 0 Å². The lowest BCUT2D eigenvalue weighted by molar-refractivity contribution is -0.136. The Morgan fingerprint density at radius 2 is 2.47 bits per heavy atom. The molecular weight excluding hydrogens is 196 g/mol. The Balaban J connectivity index is 2.19. The first kappa shape index (κ1) is 9.51.